The van der Waals surface area contributed by atoms with E-state index in [2.05, 4.69) is 79.7 Å². The first kappa shape index (κ1) is 25.8. The zero-order valence-corrected chi connectivity index (χ0v) is 19.8. The van der Waals surface area contributed by atoms with Gasteiger partial charge in [-0.2, -0.15) is 0 Å². The van der Waals surface area contributed by atoms with Gasteiger partial charge in [-0.05, 0) is 41.7 Å². The van der Waals surface area contributed by atoms with E-state index >= 15 is 0 Å². The van der Waals surface area contributed by atoms with Gasteiger partial charge in [0.05, 0.1) is 0 Å². The van der Waals surface area contributed by atoms with Gasteiger partial charge < -0.3 is 0 Å². The largest absolute Gasteiger partial charge is 0.139 e. The van der Waals surface area contributed by atoms with Crippen LogP contribution in [0.3, 0.4) is 0 Å². The summed E-state index contributed by atoms with van der Waals surface area (Å²) in [7, 11) is 0. The summed E-state index contributed by atoms with van der Waals surface area (Å²) in [5, 5.41) is 0. The van der Waals surface area contributed by atoms with Gasteiger partial charge in [0.15, 0.2) is 0 Å². The van der Waals surface area contributed by atoms with Gasteiger partial charge in [0.2, 0.25) is 0 Å². The third kappa shape index (κ3) is 8.58. The lowest BCUT2D eigenvalue weighted by atomic mass is 9.95. The Kier molecular flexibility index (Phi) is 12.9. The van der Waals surface area contributed by atoms with Crippen LogP contribution in [0, 0.1) is 5.41 Å². The van der Waals surface area contributed by atoms with Gasteiger partial charge in [-0.15, -0.1) is 11.3 Å². The van der Waals surface area contributed by atoms with Crippen LogP contribution in [-0.2, 0) is 5.41 Å². The average Bonchev–Trinajstić information content (AvgIpc) is 3.01. The second kappa shape index (κ2) is 12.0. The van der Waals surface area contributed by atoms with Crippen LogP contribution in [0.2, 0.25) is 0 Å². The van der Waals surface area contributed by atoms with E-state index < -0.39 is 0 Å². The number of hydrogen-bond acceptors (Lipinski definition) is 2. The van der Waals surface area contributed by atoms with Crippen LogP contribution in [-0.4, -0.2) is 0 Å². The number of thioether (sulfide) groups is 1. The highest BCUT2D eigenvalue weighted by molar-refractivity contribution is 8.12. The molecule has 0 spiro atoms. The Balaban J connectivity index is 0. The first-order valence-electron chi connectivity index (χ1n) is 9.21. The van der Waals surface area contributed by atoms with E-state index in [1.54, 1.807) is 0 Å². The van der Waals surface area contributed by atoms with E-state index in [1.165, 1.54) is 19.6 Å². The van der Waals surface area contributed by atoms with Gasteiger partial charge in [0.1, 0.15) is 0 Å². The number of hydrogen-bond donors (Lipinski definition) is 0. The average molecular weight is 369 g/mol. The Hall–Kier alpha value is -0.470. The molecule has 2 heteroatoms. The molecule has 0 amide bonds. The summed E-state index contributed by atoms with van der Waals surface area (Å²) in [6.07, 6.45) is 4.48. The second-order valence-corrected chi connectivity index (χ2v) is 9.24. The van der Waals surface area contributed by atoms with Crippen molar-refractivity contribution in [3.05, 3.63) is 38.9 Å². The molecule has 24 heavy (non-hydrogen) atoms. The molecule has 0 bridgehead atoms. The summed E-state index contributed by atoms with van der Waals surface area (Å²) in [5.41, 5.74) is 0.442. The van der Waals surface area contributed by atoms with Crippen molar-refractivity contribution in [2.75, 3.05) is 0 Å². The minimum Gasteiger partial charge on any atom is -0.139 e. The minimum absolute atomic E-state index is 0.206. The van der Waals surface area contributed by atoms with Crippen LogP contribution >= 0.6 is 23.1 Å². The number of thiophene rings is 1. The maximum absolute atomic E-state index is 2.28. The Bertz CT molecular complexity index is 503. The molecule has 0 saturated heterocycles. The van der Waals surface area contributed by atoms with Gasteiger partial charge >= 0.3 is 0 Å². The fourth-order valence-electron chi connectivity index (χ4n) is 1.89. The first-order chi connectivity index (χ1) is 11.1. The van der Waals surface area contributed by atoms with Crippen molar-refractivity contribution in [2.24, 2.45) is 5.41 Å². The van der Waals surface area contributed by atoms with Crippen LogP contribution in [0.1, 0.15) is 92.8 Å². The maximum atomic E-state index is 2.28. The summed E-state index contributed by atoms with van der Waals surface area (Å²) in [6.45, 7) is 25.9. The smallest absolute Gasteiger partial charge is 0.0409 e. The molecule has 0 nitrogen and oxygen atoms in total. The molecule has 1 rings (SSSR count). The predicted molar refractivity (Wildman–Crippen MR) is 120 cm³/mol. The van der Waals surface area contributed by atoms with Gasteiger partial charge in [0, 0.05) is 14.7 Å². The van der Waals surface area contributed by atoms with Crippen molar-refractivity contribution in [1.29, 1.82) is 0 Å². The molecule has 1 aromatic rings. The van der Waals surface area contributed by atoms with Crippen LogP contribution < -0.4 is 0 Å². The van der Waals surface area contributed by atoms with Crippen molar-refractivity contribution >= 4 is 28.0 Å². The van der Waals surface area contributed by atoms with Gasteiger partial charge in [-0.25, -0.2) is 0 Å². The number of rotatable bonds is 3. The minimum atomic E-state index is 0.206. The molecule has 0 aliphatic carbocycles. The molecule has 140 valence electrons. The topological polar surface area (TPSA) is 0 Å². The summed E-state index contributed by atoms with van der Waals surface area (Å²) in [5.74, 6) is 0. The Morgan fingerprint density at radius 2 is 1.38 bits per heavy atom. The molecule has 1 heterocycles. The molecular formula is C22H40S2. The van der Waals surface area contributed by atoms with Gasteiger partial charge in [-0.1, -0.05) is 93.2 Å². The molecule has 0 aromatic carbocycles. The Labute approximate surface area is 160 Å². The fraction of sp³-hybridized carbons (Fsp3) is 0.636. The van der Waals surface area contributed by atoms with E-state index in [9.17, 15) is 0 Å². The standard InChI is InChI=1S/C18H28S2.2C2H6/c1-9-13(19-15(10-2)17(3,4)5)14-11-12-16(20-14)18(6,7)8;2*1-2/h9-12H,1-8H3;2*1-2H3/b13-9-,15-10-;;. The van der Waals surface area contributed by atoms with Gasteiger partial charge in [0.25, 0.3) is 0 Å². The molecular weight excluding hydrogens is 328 g/mol. The quantitative estimate of drug-likeness (QED) is 0.512. The molecule has 0 radical (unpaired) electrons. The molecule has 0 unspecified atom stereocenters. The predicted octanol–water partition coefficient (Wildman–Crippen LogP) is 9.14. The molecule has 0 atom stereocenters. The van der Waals surface area contributed by atoms with E-state index in [1.807, 2.05) is 50.8 Å². The van der Waals surface area contributed by atoms with Crippen LogP contribution in [0.4, 0.5) is 0 Å². The van der Waals surface area contributed by atoms with Crippen molar-refractivity contribution in [2.45, 2.75) is 88.5 Å². The SMILES string of the molecule is C/C=C(\S/C(=C\C)C(C)(C)C)c1ccc(C(C)(C)C)s1.CC.CC. The molecule has 1 aromatic heterocycles. The molecule has 0 fully saturated rings. The summed E-state index contributed by atoms with van der Waals surface area (Å²) in [6, 6.07) is 4.54. The monoisotopic (exact) mass is 368 g/mol. The zero-order chi connectivity index (χ0) is 19.6. The van der Waals surface area contributed by atoms with Crippen molar-refractivity contribution in [1.82, 2.24) is 0 Å². The second-order valence-electron chi connectivity index (χ2n) is 7.07. The van der Waals surface area contributed by atoms with Crippen molar-refractivity contribution in [3.8, 4) is 0 Å². The summed E-state index contributed by atoms with van der Waals surface area (Å²) >= 11 is 3.83. The zero-order valence-electron chi connectivity index (χ0n) is 18.1. The first-order valence-corrected chi connectivity index (χ1v) is 10.8. The van der Waals surface area contributed by atoms with Crippen LogP contribution in [0.15, 0.2) is 29.2 Å². The number of allylic oxidation sites excluding steroid dienone is 3. The van der Waals surface area contributed by atoms with E-state index in [0.29, 0.717) is 0 Å². The third-order valence-electron chi connectivity index (χ3n) is 3.07. The Morgan fingerprint density at radius 1 is 0.875 bits per heavy atom. The van der Waals surface area contributed by atoms with Crippen molar-refractivity contribution in [3.63, 3.8) is 0 Å². The lowest BCUT2D eigenvalue weighted by Crippen LogP contribution is -2.07. The van der Waals surface area contributed by atoms with E-state index in [-0.39, 0.29) is 10.8 Å². The molecule has 0 aliphatic rings. The Morgan fingerprint density at radius 3 is 1.67 bits per heavy atom. The normalized spacial score (nSPS) is 12.8. The summed E-state index contributed by atoms with van der Waals surface area (Å²) in [4.78, 5) is 5.63. The van der Waals surface area contributed by atoms with Gasteiger partial charge in [-0.3, -0.25) is 0 Å². The molecule has 0 N–H and O–H groups in total. The fourth-order valence-corrected chi connectivity index (χ4v) is 4.12. The van der Waals surface area contributed by atoms with Crippen LogP contribution in [0.5, 0.6) is 0 Å². The third-order valence-corrected chi connectivity index (χ3v) is 6.49. The van der Waals surface area contributed by atoms with E-state index in [0.717, 1.165) is 0 Å². The summed E-state index contributed by atoms with van der Waals surface area (Å²) < 4.78 is 0. The maximum Gasteiger partial charge on any atom is 0.0409 e. The highest BCUT2D eigenvalue weighted by Crippen LogP contribution is 2.45. The molecule has 0 aliphatic heterocycles. The van der Waals surface area contributed by atoms with Crippen LogP contribution in [0.25, 0.3) is 4.91 Å². The highest BCUT2D eigenvalue weighted by Gasteiger charge is 2.21. The van der Waals surface area contributed by atoms with Crippen molar-refractivity contribution < 1.29 is 0 Å². The molecule has 0 saturated carbocycles. The lowest BCUT2D eigenvalue weighted by Gasteiger charge is -2.23. The van der Waals surface area contributed by atoms with E-state index in [4.69, 9.17) is 0 Å². The lowest BCUT2D eigenvalue weighted by molar-refractivity contribution is 0.533. The highest BCUT2D eigenvalue weighted by atomic mass is 32.2.